The first-order chi connectivity index (χ1) is 8.26. The lowest BCUT2D eigenvalue weighted by atomic mass is 9.86. The number of hydrogen-bond acceptors (Lipinski definition) is 4. The molecule has 0 aromatic carbocycles. The number of aromatic nitrogens is 2. The van der Waals surface area contributed by atoms with E-state index in [0.29, 0.717) is 5.82 Å². The molecule has 0 saturated heterocycles. The summed E-state index contributed by atoms with van der Waals surface area (Å²) in [6.07, 6.45) is 7.46. The van der Waals surface area contributed by atoms with Gasteiger partial charge in [0, 0.05) is 6.42 Å². The Bertz CT molecular complexity index is 390. The molecule has 2 N–H and O–H groups in total. The highest BCUT2D eigenvalue weighted by Gasteiger charge is 2.40. The largest absolute Gasteiger partial charge is 0.339 e. The maximum atomic E-state index is 5.89. The fraction of sp³-hybridized carbons (Fsp3) is 0.846. The Labute approximate surface area is 102 Å². The van der Waals surface area contributed by atoms with Gasteiger partial charge >= 0.3 is 0 Å². The lowest BCUT2D eigenvalue weighted by molar-refractivity contribution is 0.287. The summed E-state index contributed by atoms with van der Waals surface area (Å²) in [6, 6.07) is -0.0764. The van der Waals surface area contributed by atoms with Crippen LogP contribution in [0.2, 0.25) is 0 Å². The van der Waals surface area contributed by atoms with Crippen molar-refractivity contribution >= 4 is 0 Å². The van der Waals surface area contributed by atoms with Crippen molar-refractivity contribution in [2.24, 2.45) is 23.5 Å². The zero-order valence-corrected chi connectivity index (χ0v) is 10.4. The van der Waals surface area contributed by atoms with Crippen molar-refractivity contribution in [3.63, 3.8) is 0 Å². The van der Waals surface area contributed by atoms with E-state index in [4.69, 9.17) is 10.3 Å². The van der Waals surface area contributed by atoms with Gasteiger partial charge in [0.2, 0.25) is 5.89 Å². The van der Waals surface area contributed by atoms with Gasteiger partial charge in [0.1, 0.15) is 0 Å². The number of nitrogens with two attached hydrogens (primary N) is 1. The van der Waals surface area contributed by atoms with Crippen LogP contribution in [0.1, 0.15) is 56.8 Å². The van der Waals surface area contributed by atoms with Crippen molar-refractivity contribution in [3.05, 3.63) is 11.7 Å². The average molecular weight is 235 g/mol. The van der Waals surface area contributed by atoms with Crippen LogP contribution in [0.5, 0.6) is 0 Å². The maximum absolute atomic E-state index is 5.89. The minimum absolute atomic E-state index is 0.0764. The first-order valence-electron chi connectivity index (χ1n) is 6.84. The van der Waals surface area contributed by atoms with E-state index < -0.39 is 0 Å². The number of fused-ring (bicyclic) bond motifs is 2. The van der Waals surface area contributed by atoms with Crippen LogP contribution >= 0.6 is 0 Å². The van der Waals surface area contributed by atoms with E-state index in [2.05, 4.69) is 10.1 Å². The third-order valence-corrected chi connectivity index (χ3v) is 4.58. The van der Waals surface area contributed by atoms with Gasteiger partial charge in [-0.2, -0.15) is 4.98 Å². The lowest BCUT2D eigenvalue weighted by Crippen LogP contribution is -2.14. The molecule has 4 unspecified atom stereocenters. The van der Waals surface area contributed by atoms with Crippen LogP contribution in [0, 0.1) is 17.8 Å². The van der Waals surface area contributed by atoms with E-state index >= 15 is 0 Å². The second kappa shape index (κ2) is 4.41. The summed E-state index contributed by atoms with van der Waals surface area (Å²) in [5.41, 5.74) is 5.89. The zero-order chi connectivity index (χ0) is 11.8. The molecule has 1 aromatic heterocycles. The van der Waals surface area contributed by atoms with Gasteiger partial charge in [0.15, 0.2) is 5.82 Å². The number of nitrogens with zero attached hydrogens (tertiary/aromatic N) is 2. The van der Waals surface area contributed by atoms with Crippen LogP contribution < -0.4 is 5.73 Å². The summed E-state index contributed by atoms with van der Waals surface area (Å²) in [6.45, 7) is 2.04. The molecule has 0 spiro atoms. The molecule has 1 aromatic rings. The fourth-order valence-corrected chi connectivity index (χ4v) is 3.53. The first-order valence-corrected chi connectivity index (χ1v) is 6.84. The molecular formula is C13H21N3O. The van der Waals surface area contributed by atoms with Crippen LogP contribution in [0.25, 0.3) is 0 Å². The summed E-state index contributed by atoms with van der Waals surface area (Å²) >= 11 is 0. The molecule has 2 saturated carbocycles. The van der Waals surface area contributed by atoms with Crippen LogP contribution in [0.4, 0.5) is 0 Å². The van der Waals surface area contributed by atoms with Crippen LogP contribution in [0.15, 0.2) is 4.52 Å². The van der Waals surface area contributed by atoms with Crippen LogP contribution in [0.3, 0.4) is 0 Å². The highest BCUT2D eigenvalue weighted by Crippen LogP contribution is 2.49. The predicted octanol–water partition coefficient (Wildman–Crippen LogP) is 2.46. The molecule has 4 nitrogen and oxygen atoms in total. The molecule has 2 bridgehead atoms. The minimum Gasteiger partial charge on any atom is -0.339 e. The van der Waals surface area contributed by atoms with Crippen molar-refractivity contribution in [2.75, 3.05) is 0 Å². The van der Waals surface area contributed by atoms with Gasteiger partial charge in [-0.05, 0) is 43.4 Å². The molecule has 2 aliphatic rings. The molecule has 4 atom stereocenters. The van der Waals surface area contributed by atoms with E-state index in [1.807, 2.05) is 6.92 Å². The molecule has 0 radical (unpaired) electrons. The topological polar surface area (TPSA) is 64.9 Å². The quantitative estimate of drug-likeness (QED) is 0.870. The highest BCUT2D eigenvalue weighted by molar-refractivity contribution is 4.97. The smallest absolute Gasteiger partial charge is 0.226 e. The Hall–Kier alpha value is -0.900. The maximum Gasteiger partial charge on any atom is 0.226 e. The van der Waals surface area contributed by atoms with Crippen molar-refractivity contribution < 1.29 is 4.52 Å². The predicted molar refractivity (Wildman–Crippen MR) is 64.2 cm³/mol. The van der Waals surface area contributed by atoms with Crippen molar-refractivity contribution in [2.45, 2.75) is 51.5 Å². The molecule has 4 heteroatoms. The average Bonchev–Trinajstić information content (AvgIpc) is 3.03. The van der Waals surface area contributed by atoms with Gasteiger partial charge in [0.25, 0.3) is 0 Å². The van der Waals surface area contributed by atoms with Crippen molar-refractivity contribution in [1.82, 2.24) is 10.1 Å². The van der Waals surface area contributed by atoms with Gasteiger partial charge < -0.3 is 10.3 Å². The number of rotatable bonds is 4. The number of hydrogen-bond donors (Lipinski definition) is 1. The molecule has 94 valence electrons. The molecule has 0 aliphatic heterocycles. The second-order valence-corrected chi connectivity index (χ2v) is 5.70. The Kier molecular flexibility index (Phi) is 2.90. The molecule has 17 heavy (non-hydrogen) atoms. The van der Waals surface area contributed by atoms with Gasteiger partial charge in [0.05, 0.1) is 6.04 Å². The molecule has 0 amide bonds. The van der Waals surface area contributed by atoms with E-state index in [1.54, 1.807) is 0 Å². The Morgan fingerprint density at radius 1 is 1.41 bits per heavy atom. The van der Waals surface area contributed by atoms with E-state index in [0.717, 1.165) is 36.5 Å². The van der Waals surface area contributed by atoms with Gasteiger partial charge in [-0.1, -0.05) is 18.5 Å². The van der Waals surface area contributed by atoms with Crippen LogP contribution in [-0.4, -0.2) is 10.1 Å². The van der Waals surface area contributed by atoms with Gasteiger partial charge in [-0.15, -0.1) is 0 Å². The summed E-state index contributed by atoms with van der Waals surface area (Å²) in [7, 11) is 0. The van der Waals surface area contributed by atoms with Crippen LogP contribution in [-0.2, 0) is 6.42 Å². The summed E-state index contributed by atoms with van der Waals surface area (Å²) < 4.78 is 5.32. The van der Waals surface area contributed by atoms with E-state index in [9.17, 15) is 0 Å². The second-order valence-electron chi connectivity index (χ2n) is 5.70. The minimum atomic E-state index is -0.0764. The summed E-state index contributed by atoms with van der Waals surface area (Å²) in [5.74, 6) is 4.13. The summed E-state index contributed by atoms with van der Waals surface area (Å²) in [5, 5.41) is 3.98. The van der Waals surface area contributed by atoms with Gasteiger partial charge in [-0.3, -0.25) is 0 Å². The SMILES string of the molecule is CCC(N)c1noc(CC2CC3CCC2C3)n1. The van der Waals surface area contributed by atoms with Crippen molar-refractivity contribution in [3.8, 4) is 0 Å². The molecular weight excluding hydrogens is 214 g/mol. The molecule has 2 fully saturated rings. The first kappa shape index (κ1) is 11.2. The van der Waals surface area contributed by atoms with Gasteiger partial charge in [-0.25, -0.2) is 0 Å². The zero-order valence-electron chi connectivity index (χ0n) is 10.4. The normalized spacial score (nSPS) is 33.2. The third kappa shape index (κ3) is 2.10. The van der Waals surface area contributed by atoms with E-state index in [-0.39, 0.29) is 6.04 Å². The summed E-state index contributed by atoms with van der Waals surface area (Å²) in [4.78, 5) is 4.43. The van der Waals surface area contributed by atoms with Crippen molar-refractivity contribution in [1.29, 1.82) is 0 Å². The Balaban J connectivity index is 1.63. The molecule has 1 heterocycles. The monoisotopic (exact) mass is 235 g/mol. The molecule has 3 rings (SSSR count). The highest BCUT2D eigenvalue weighted by atomic mass is 16.5. The standard InChI is InChI=1S/C13H21N3O/c1-2-11(14)13-15-12(17-16-13)7-10-6-8-3-4-9(10)5-8/h8-11H,2-7,14H2,1H3. The van der Waals surface area contributed by atoms with E-state index in [1.165, 1.54) is 25.7 Å². The Morgan fingerprint density at radius 2 is 2.29 bits per heavy atom. The lowest BCUT2D eigenvalue weighted by Gasteiger charge is -2.19. The molecule has 2 aliphatic carbocycles. The Morgan fingerprint density at radius 3 is 2.94 bits per heavy atom. The third-order valence-electron chi connectivity index (χ3n) is 4.58. The fourth-order valence-electron chi connectivity index (χ4n) is 3.53.